The van der Waals surface area contributed by atoms with Crippen molar-refractivity contribution in [3.8, 4) is 23.0 Å². The molecule has 0 aromatic heterocycles. The van der Waals surface area contributed by atoms with Crippen LogP contribution in [0.2, 0.25) is 0 Å². The van der Waals surface area contributed by atoms with Gasteiger partial charge in [0.2, 0.25) is 1.43 Å². The highest BCUT2D eigenvalue weighted by Crippen LogP contribution is 2.35. The van der Waals surface area contributed by atoms with E-state index < -0.39 is 0 Å². The number of methoxy groups -OCH3 is 3. The highest BCUT2D eigenvalue weighted by Gasteiger charge is 2.21. The van der Waals surface area contributed by atoms with Crippen molar-refractivity contribution in [1.29, 1.82) is 1.43 Å². The van der Waals surface area contributed by atoms with Gasteiger partial charge >= 0.3 is 0 Å². The molecule has 6 heteroatoms. The number of benzene rings is 4. The molecule has 0 heterocycles. The number of hydrogen-bond acceptors (Lipinski definition) is 6. The second-order valence-corrected chi connectivity index (χ2v) is 10.0. The predicted molar refractivity (Wildman–Crippen MR) is 161 cm³/mol. The maximum Gasteiger partial charge on any atom is 0.210 e. The predicted octanol–water partition coefficient (Wildman–Crippen LogP) is 6.83. The first-order valence-corrected chi connectivity index (χ1v) is 13.9. The fraction of sp³-hybridized carbons (Fsp3) is 0.314. The van der Waals surface area contributed by atoms with Crippen LogP contribution in [-0.2, 0) is 24.4 Å². The van der Waals surface area contributed by atoms with Crippen LogP contribution < -0.4 is 18.9 Å². The summed E-state index contributed by atoms with van der Waals surface area (Å²) in [7, 11) is 4.92. The summed E-state index contributed by atoms with van der Waals surface area (Å²) in [4.78, 5) is 0. The summed E-state index contributed by atoms with van der Waals surface area (Å²) in [6.45, 7) is 1.78. The lowest BCUT2D eigenvalue weighted by Crippen LogP contribution is -2.18. The molecule has 216 valence electrons. The van der Waals surface area contributed by atoms with E-state index in [0.717, 1.165) is 28.7 Å². The number of hydrogen-bond donors (Lipinski definition) is 1. The summed E-state index contributed by atoms with van der Waals surface area (Å²) >= 11 is 0. The molecule has 0 aliphatic heterocycles. The molecular weight excluding hydrogens is 516 g/mol. The van der Waals surface area contributed by atoms with Gasteiger partial charge in [0.05, 0.1) is 34.5 Å². The van der Waals surface area contributed by atoms with E-state index in [4.69, 9.17) is 30.2 Å². The van der Waals surface area contributed by atoms with Crippen LogP contribution in [0.4, 0.5) is 0 Å². The van der Waals surface area contributed by atoms with Gasteiger partial charge in [-0.25, -0.2) is 0 Å². The molecule has 4 rings (SSSR count). The molecule has 6 nitrogen and oxygen atoms in total. The van der Waals surface area contributed by atoms with Crippen molar-refractivity contribution in [3.05, 3.63) is 119 Å². The Labute approximate surface area is 244 Å². The van der Waals surface area contributed by atoms with Gasteiger partial charge in [-0.1, -0.05) is 72.8 Å². The summed E-state index contributed by atoms with van der Waals surface area (Å²) in [6, 6.07) is 32.2. The Bertz CT molecular complexity index is 1350. The zero-order valence-electron chi connectivity index (χ0n) is 25.1. The third-order valence-corrected chi connectivity index (χ3v) is 7.15. The van der Waals surface area contributed by atoms with Crippen molar-refractivity contribution in [2.75, 3.05) is 34.5 Å². The van der Waals surface area contributed by atoms with Gasteiger partial charge in [-0.3, -0.25) is 0 Å². The molecule has 41 heavy (non-hydrogen) atoms. The summed E-state index contributed by atoms with van der Waals surface area (Å²) in [5.41, 5.74) is 4.37. The van der Waals surface area contributed by atoms with Crippen LogP contribution in [0, 0.1) is 5.92 Å². The molecule has 0 amide bonds. The average molecular weight is 559 g/mol. The van der Waals surface area contributed by atoms with Gasteiger partial charge in [0.1, 0.15) is 6.61 Å². The number of ether oxygens (including phenoxy) is 5. The normalized spacial score (nSPS) is 12.7. The van der Waals surface area contributed by atoms with Gasteiger partial charge in [0, 0.05) is 12.5 Å². The summed E-state index contributed by atoms with van der Waals surface area (Å²) in [5, 5.41) is 4.94. The van der Waals surface area contributed by atoms with Crippen LogP contribution in [0.3, 0.4) is 0 Å². The summed E-state index contributed by atoms with van der Waals surface area (Å²) < 4.78 is 36.5. The zero-order valence-corrected chi connectivity index (χ0v) is 24.1. The maximum absolute atomic E-state index is 7.55. The molecule has 4 aromatic carbocycles. The van der Waals surface area contributed by atoms with Crippen molar-refractivity contribution in [3.63, 3.8) is 0 Å². The Hall–Kier alpha value is -4.00. The van der Waals surface area contributed by atoms with Crippen molar-refractivity contribution in [2.45, 2.75) is 32.0 Å². The van der Waals surface area contributed by atoms with Gasteiger partial charge in [0.25, 0.3) is 0 Å². The highest BCUT2D eigenvalue weighted by atomic mass is 16.5. The Morgan fingerprint density at radius 3 is 1.95 bits per heavy atom. The van der Waals surface area contributed by atoms with Gasteiger partial charge < -0.3 is 28.8 Å². The molecule has 0 aliphatic carbocycles. The molecule has 0 saturated carbocycles. The van der Waals surface area contributed by atoms with E-state index in [1.807, 2.05) is 72.8 Å². The molecule has 1 unspecified atom stereocenters. The van der Waals surface area contributed by atoms with E-state index in [1.54, 1.807) is 21.3 Å². The molecule has 0 aliphatic rings. The lowest BCUT2D eigenvalue weighted by Gasteiger charge is -2.24. The van der Waals surface area contributed by atoms with Gasteiger partial charge in [-0.05, 0) is 65.3 Å². The second kappa shape index (κ2) is 15.7. The molecule has 0 bridgehead atoms. The minimum absolute atomic E-state index is 0.0454. The molecule has 0 spiro atoms. The molecule has 0 saturated heterocycles. The van der Waals surface area contributed by atoms with E-state index in [0.29, 0.717) is 49.2 Å². The van der Waals surface area contributed by atoms with Gasteiger partial charge in [-0.15, -0.1) is 0 Å². The second-order valence-electron chi connectivity index (χ2n) is 10.0. The number of aliphatic hydroxyl groups excluding tert-OH is 1. The quantitative estimate of drug-likeness (QED) is 0.153. The van der Waals surface area contributed by atoms with E-state index in [-0.39, 0.29) is 18.4 Å². The van der Waals surface area contributed by atoms with Crippen LogP contribution in [-0.4, -0.2) is 41.1 Å². The monoisotopic (exact) mass is 558 g/mol. The Balaban J connectivity index is 1.49. The van der Waals surface area contributed by atoms with Crippen molar-refractivity contribution < 1.29 is 28.8 Å². The van der Waals surface area contributed by atoms with Crippen LogP contribution in [0.25, 0.3) is 0 Å². The third kappa shape index (κ3) is 8.74. The fourth-order valence-corrected chi connectivity index (χ4v) is 4.94. The van der Waals surface area contributed by atoms with Crippen LogP contribution in [0.15, 0.2) is 97.1 Å². The van der Waals surface area contributed by atoms with Crippen molar-refractivity contribution >= 4 is 0 Å². The standard InChI is InChI=1S/C35H40O6/c1-37-32-17-15-30(21-35(32)39-3)31(25-40-23-26-10-6-4-7-11-26)19-29(22-36)18-28-14-16-33(34(20-28)38-2)41-24-27-12-8-5-9-13-27/h4-17,20-21,29,31,36H,18-19,22-25H2,1-3H3/t29-,31?/m1/s1/i36T. The van der Waals surface area contributed by atoms with Crippen LogP contribution >= 0.6 is 0 Å². The van der Waals surface area contributed by atoms with E-state index in [2.05, 4.69) is 24.3 Å². The SMILES string of the molecule is [3H]OC[C@H](Cc1ccc(OCc2ccccc2)c(OC)c1)CC(COCc1ccccc1)c1ccc(OC)c(OC)c1. The van der Waals surface area contributed by atoms with Gasteiger partial charge in [0.15, 0.2) is 23.0 Å². The first kappa shape index (κ1) is 28.5. The smallest absolute Gasteiger partial charge is 0.210 e. The zero-order chi connectivity index (χ0) is 29.6. The average Bonchev–Trinajstić information content (AvgIpc) is 3.04. The first-order chi connectivity index (χ1) is 20.6. The molecule has 2 atom stereocenters. The Morgan fingerprint density at radius 1 is 0.659 bits per heavy atom. The molecule has 1 N–H and O–H groups in total. The van der Waals surface area contributed by atoms with Crippen molar-refractivity contribution in [2.24, 2.45) is 5.92 Å². The summed E-state index contributed by atoms with van der Waals surface area (Å²) in [5.74, 6) is 2.82. The Kier molecular flexibility index (Phi) is 10.9. The minimum Gasteiger partial charge on any atom is -0.493 e. The molecular formula is C35H40O6. The van der Waals surface area contributed by atoms with Gasteiger partial charge in [-0.2, -0.15) is 0 Å². The number of aliphatic hydroxyl groups is 1. The molecule has 0 radical (unpaired) electrons. The van der Waals surface area contributed by atoms with E-state index in [1.165, 1.54) is 0 Å². The fourth-order valence-electron chi connectivity index (χ4n) is 4.94. The Morgan fingerprint density at radius 2 is 1.29 bits per heavy atom. The van der Waals surface area contributed by atoms with Crippen LogP contribution in [0.1, 0.15) is 34.6 Å². The third-order valence-electron chi connectivity index (χ3n) is 7.15. The van der Waals surface area contributed by atoms with E-state index >= 15 is 0 Å². The summed E-state index contributed by atoms with van der Waals surface area (Å²) in [6.07, 6.45) is 1.45. The topological polar surface area (TPSA) is 66.4 Å². The largest absolute Gasteiger partial charge is 0.493 e. The lowest BCUT2D eigenvalue weighted by atomic mass is 9.86. The minimum atomic E-state index is 0.0454. The molecule has 4 aromatic rings. The highest BCUT2D eigenvalue weighted by molar-refractivity contribution is 5.45. The lowest BCUT2D eigenvalue weighted by molar-refractivity contribution is 0.0949. The number of rotatable bonds is 17. The first-order valence-electron chi connectivity index (χ1n) is 14.3. The van der Waals surface area contributed by atoms with Crippen LogP contribution in [0.5, 0.6) is 23.0 Å². The van der Waals surface area contributed by atoms with E-state index in [9.17, 15) is 0 Å². The maximum atomic E-state index is 7.55. The molecule has 0 fully saturated rings. The van der Waals surface area contributed by atoms with Crippen molar-refractivity contribution in [1.82, 2.24) is 0 Å².